The predicted molar refractivity (Wildman–Crippen MR) is 69.7 cm³/mol. The number of methoxy groups -OCH3 is 1. The lowest BCUT2D eigenvalue weighted by Crippen LogP contribution is -2.30. The lowest BCUT2D eigenvalue weighted by Gasteiger charge is -2.31. The van der Waals surface area contributed by atoms with Crippen molar-refractivity contribution in [3.8, 4) is 0 Å². The molecule has 0 aromatic rings. The molecule has 0 bridgehead atoms. The van der Waals surface area contributed by atoms with Gasteiger partial charge in [0.2, 0.25) is 0 Å². The lowest BCUT2D eigenvalue weighted by molar-refractivity contribution is 0.177. The summed E-state index contributed by atoms with van der Waals surface area (Å²) in [5.74, 6) is 1.92. The van der Waals surface area contributed by atoms with Crippen molar-refractivity contribution in [3.05, 3.63) is 0 Å². The predicted octanol–water partition coefficient (Wildman–Crippen LogP) is 3.22. The summed E-state index contributed by atoms with van der Waals surface area (Å²) in [6, 6.07) is 0. The Kier molecular flexibility index (Phi) is 7.87. The second kappa shape index (κ2) is 9.00. The van der Waals surface area contributed by atoms with Crippen LogP contribution >= 0.6 is 0 Å². The van der Waals surface area contributed by atoms with Crippen LogP contribution in [0, 0.1) is 11.8 Å². The van der Waals surface area contributed by atoms with E-state index in [2.05, 4.69) is 12.2 Å². The fourth-order valence-corrected chi connectivity index (χ4v) is 2.92. The molecule has 1 fully saturated rings. The quantitative estimate of drug-likeness (QED) is 0.643. The van der Waals surface area contributed by atoms with Crippen LogP contribution < -0.4 is 5.32 Å². The van der Waals surface area contributed by atoms with Crippen molar-refractivity contribution in [2.75, 3.05) is 26.8 Å². The van der Waals surface area contributed by atoms with Crippen molar-refractivity contribution in [2.24, 2.45) is 11.8 Å². The molecule has 16 heavy (non-hydrogen) atoms. The molecule has 0 spiro atoms. The van der Waals surface area contributed by atoms with Crippen LogP contribution in [0.4, 0.5) is 0 Å². The average Bonchev–Trinajstić information content (AvgIpc) is 2.33. The number of hydrogen-bond acceptors (Lipinski definition) is 2. The Bertz CT molecular complexity index is 161. The SMILES string of the molecule is CCNCC1CCCCC1CCCCOC. The highest BCUT2D eigenvalue weighted by molar-refractivity contribution is 4.77. The van der Waals surface area contributed by atoms with E-state index in [-0.39, 0.29) is 0 Å². The fourth-order valence-electron chi connectivity index (χ4n) is 2.92. The van der Waals surface area contributed by atoms with Gasteiger partial charge in [-0.25, -0.2) is 0 Å². The third kappa shape index (κ3) is 5.31. The molecule has 1 aliphatic rings. The second-order valence-corrected chi connectivity index (χ2v) is 5.10. The van der Waals surface area contributed by atoms with Crippen molar-refractivity contribution < 1.29 is 4.74 Å². The first kappa shape index (κ1) is 14.0. The first-order chi connectivity index (χ1) is 7.88. The van der Waals surface area contributed by atoms with Crippen LogP contribution in [0.15, 0.2) is 0 Å². The fraction of sp³-hybridized carbons (Fsp3) is 1.00. The third-order valence-electron chi connectivity index (χ3n) is 3.90. The molecule has 2 unspecified atom stereocenters. The first-order valence-corrected chi connectivity index (χ1v) is 7.08. The van der Waals surface area contributed by atoms with Gasteiger partial charge >= 0.3 is 0 Å². The maximum atomic E-state index is 5.11. The highest BCUT2D eigenvalue weighted by Gasteiger charge is 2.23. The van der Waals surface area contributed by atoms with Gasteiger partial charge in [0.15, 0.2) is 0 Å². The summed E-state index contributed by atoms with van der Waals surface area (Å²) < 4.78 is 5.11. The number of ether oxygens (including phenoxy) is 1. The summed E-state index contributed by atoms with van der Waals surface area (Å²) >= 11 is 0. The molecule has 0 aromatic carbocycles. The Morgan fingerprint density at radius 2 is 1.88 bits per heavy atom. The van der Waals surface area contributed by atoms with Crippen molar-refractivity contribution in [1.82, 2.24) is 5.32 Å². The Morgan fingerprint density at radius 3 is 2.56 bits per heavy atom. The van der Waals surface area contributed by atoms with Gasteiger partial charge in [-0.3, -0.25) is 0 Å². The summed E-state index contributed by atoms with van der Waals surface area (Å²) in [6.45, 7) is 5.50. The van der Waals surface area contributed by atoms with Gasteiger partial charge in [-0.2, -0.15) is 0 Å². The summed E-state index contributed by atoms with van der Waals surface area (Å²) in [7, 11) is 1.80. The van der Waals surface area contributed by atoms with Gasteiger partial charge in [-0.1, -0.05) is 39.0 Å². The molecular weight excluding hydrogens is 198 g/mol. The summed E-state index contributed by atoms with van der Waals surface area (Å²) in [5.41, 5.74) is 0. The highest BCUT2D eigenvalue weighted by atomic mass is 16.5. The minimum absolute atomic E-state index is 0.935. The average molecular weight is 227 g/mol. The smallest absolute Gasteiger partial charge is 0.0462 e. The van der Waals surface area contributed by atoms with E-state index in [0.717, 1.165) is 25.0 Å². The van der Waals surface area contributed by atoms with Crippen LogP contribution in [0.25, 0.3) is 0 Å². The van der Waals surface area contributed by atoms with E-state index in [4.69, 9.17) is 4.74 Å². The minimum Gasteiger partial charge on any atom is -0.385 e. The molecule has 2 heteroatoms. The summed E-state index contributed by atoms with van der Waals surface area (Å²) in [5, 5.41) is 3.52. The molecule has 0 aromatic heterocycles. The van der Waals surface area contributed by atoms with E-state index in [1.165, 1.54) is 51.5 Å². The number of hydrogen-bond donors (Lipinski definition) is 1. The molecule has 2 atom stereocenters. The van der Waals surface area contributed by atoms with E-state index < -0.39 is 0 Å². The van der Waals surface area contributed by atoms with Crippen molar-refractivity contribution >= 4 is 0 Å². The van der Waals surface area contributed by atoms with E-state index in [9.17, 15) is 0 Å². The third-order valence-corrected chi connectivity index (χ3v) is 3.90. The van der Waals surface area contributed by atoms with Gasteiger partial charge in [0.05, 0.1) is 0 Å². The highest BCUT2D eigenvalue weighted by Crippen LogP contribution is 2.33. The van der Waals surface area contributed by atoms with Crippen molar-refractivity contribution in [3.63, 3.8) is 0 Å². The van der Waals surface area contributed by atoms with Gasteiger partial charge in [0.25, 0.3) is 0 Å². The molecule has 1 saturated carbocycles. The van der Waals surface area contributed by atoms with Gasteiger partial charge in [-0.05, 0) is 37.8 Å². The molecule has 96 valence electrons. The van der Waals surface area contributed by atoms with Crippen molar-refractivity contribution in [1.29, 1.82) is 0 Å². The Balaban J connectivity index is 2.18. The Morgan fingerprint density at radius 1 is 1.12 bits per heavy atom. The standard InChI is InChI=1S/C14H29NO/c1-3-15-12-14-10-5-4-8-13(14)9-6-7-11-16-2/h13-15H,3-12H2,1-2H3. The summed E-state index contributed by atoms with van der Waals surface area (Å²) in [6.07, 6.45) is 9.81. The molecule has 0 amide bonds. The van der Waals surface area contributed by atoms with Gasteiger partial charge in [0.1, 0.15) is 0 Å². The topological polar surface area (TPSA) is 21.3 Å². The molecule has 1 aliphatic carbocycles. The minimum atomic E-state index is 0.935. The zero-order valence-corrected chi connectivity index (χ0v) is 11.1. The van der Waals surface area contributed by atoms with Gasteiger partial charge < -0.3 is 10.1 Å². The second-order valence-electron chi connectivity index (χ2n) is 5.10. The van der Waals surface area contributed by atoms with Crippen molar-refractivity contribution in [2.45, 2.75) is 51.9 Å². The first-order valence-electron chi connectivity index (χ1n) is 7.08. The van der Waals surface area contributed by atoms with Crippen LogP contribution in [0.1, 0.15) is 51.9 Å². The van der Waals surface area contributed by atoms with Crippen LogP contribution in [-0.2, 0) is 4.74 Å². The largest absolute Gasteiger partial charge is 0.385 e. The van der Waals surface area contributed by atoms with Crippen LogP contribution in [0.2, 0.25) is 0 Å². The lowest BCUT2D eigenvalue weighted by atomic mass is 9.76. The normalized spacial score (nSPS) is 25.9. The van der Waals surface area contributed by atoms with E-state index in [0.29, 0.717) is 0 Å². The molecule has 1 N–H and O–H groups in total. The molecular formula is C14H29NO. The van der Waals surface area contributed by atoms with Gasteiger partial charge in [0, 0.05) is 13.7 Å². The maximum absolute atomic E-state index is 5.11. The monoisotopic (exact) mass is 227 g/mol. The van der Waals surface area contributed by atoms with Crippen LogP contribution in [0.5, 0.6) is 0 Å². The molecule has 0 heterocycles. The van der Waals surface area contributed by atoms with E-state index in [1.807, 2.05) is 0 Å². The molecule has 1 rings (SSSR count). The van der Waals surface area contributed by atoms with Crippen LogP contribution in [0.3, 0.4) is 0 Å². The Hall–Kier alpha value is -0.0800. The number of unbranched alkanes of at least 4 members (excludes halogenated alkanes) is 1. The van der Waals surface area contributed by atoms with Crippen LogP contribution in [-0.4, -0.2) is 26.8 Å². The maximum Gasteiger partial charge on any atom is 0.0462 e. The molecule has 0 radical (unpaired) electrons. The molecule has 2 nitrogen and oxygen atoms in total. The molecule has 0 aliphatic heterocycles. The number of nitrogens with one attached hydrogen (secondary N) is 1. The summed E-state index contributed by atoms with van der Waals surface area (Å²) in [4.78, 5) is 0. The zero-order valence-electron chi connectivity index (χ0n) is 11.1. The Labute approximate surface area is 101 Å². The molecule has 0 saturated heterocycles. The van der Waals surface area contributed by atoms with E-state index >= 15 is 0 Å². The zero-order chi connectivity index (χ0) is 11.6. The number of rotatable bonds is 8. The van der Waals surface area contributed by atoms with Gasteiger partial charge in [-0.15, -0.1) is 0 Å². The van der Waals surface area contributed by atoms with E-state index in [1.54, 1.807) is 7.11 Å².